The highest BCUT2D eigenvalue weighted by atomic mass is 32.2. The van der Waals surface area contributed by atoms with Gasteiger partial charge in [-0.15, -0.1) is 11.8 Å². The van der Waals surface area contributed by atoms with Crippen LogP contribution >= 0.6 is 11.8 Å². The summed E-state index contributed by atoms with van der Waals surface area (Å²) in [5.41, 5.74) is 3.26. The van der Waals surface area contributed by atoms with Crippen LogP contribution in [0.15, 0.2) is 57.9 Å². The highest BCUT2D eigenvalue weighted by Crippen LogP contribution is 2.23. The molecule has 3 aromatic rings. The second kappa shape index (κ2) is 8.19. The van der Waals surface area contributed by atoms with E-state index >= 15 is 0 Å². The first-order chi connectivity index (χ1) is 12.5. The van der Waals surface area contributed by atoms with Crippen molar-refractivity contribution in [3.05, 3.63) is 65.5 Å². The molecule has 3 rings (SSSR count). The van der Waals surface area contributed by atoms with Gasteiger partial charge in [-0.1, -0.05) is 52.7 Å². The normalized spacial score (nSPS) is 12.0. The summed E-state index contributed by atoms with van der Waals surface area (Å²) < 4.78 is 5.23. The molecule has 1 atom stereocenters. The lowest BCUT2D eigenvalue weighted by atomic mass is 10.1. The summed E-state index contributed by atoms with van der Waals surface area (Å²) in [4.78, 5) is 17.7. The Kier molecular flexibility index (Phi) is 5.73. The summed E-state index contributed by atoms with van der Waals surface area (Å²) in [5.74, 6) is 0.850. The summed E-state index contributed by atoms with van der Waals surface area (Å²) in [6.45, 7) is 6.17. The summed E-state index contributed by atoms with van der Waals surface area (Å²) >= 11 is 1.52. The van der Waals surface area contributed by atoms with E-state index in [-0.39, 0.29) is 17.7 Å². The van der Waals surface area contributed by atoms with Crippen molar-refractivity contribution in [3.63, 3.8) is 0 Å². The Hall–Kier alpha value is -2.60. The SMILES string of the molecule is Cc1ccc(SC(C)C(=O)NCc2nc(-c3ccc(C)cc3)no2)cc1. The van der Waals surface area contributed by atoms with E-state index in [1.807, 2.05) is 69.3 Å². The molecule has 1 heterocycles. The zero-order chi connectivity index (χ0) is 18.5. The molecule has 134 valence electrons. The fourth-order valence-electron chi connectivity index (χ4n) is 2.33. The van der Waals surface area contributed by atoms with Crippen molar-refractivity contribution in [1.29, 1.82) is 0 Å². The third-order valence-electron chi connectivity index (χ3n) is 3.89. The molecule has 0 spiro atoms. The van der Waals surface area contributed by atoms with E-state index < -0.39 is 0 Å². The molecule has 2 aromatic carbocycles. The minimum Gasteiger partial charge on any atom is -0.346 e. The molecule has 0 fully saturated rings. The number of nitrogens with zero attached hydrogens (tertiary/aromatic N) is 2. The third kappa shape index (κ3) is 4.73. The van der Waals surface area contributed by atoms with E-state index in [0.717, 1.165) is 10.5 Å². The number of thioether (sulfide) groups is 1. The molecule has 0 radical (unpaired) electrons. The Bertz CT molecular complexity index is 873. The average Bonchev–Trinajstić information content (AvgIpc) is 3.11. The average molecular weight is 367 g/mol. The van der Waals surface area contributed by atoms with Gasteiger partial charge < -0.3 is 9.84 Å². The summed E-state index contributed by atoms with van der Waals surface area (Å²) in [6.07, 6.45) is 0. The highest BCUT2D eigenvalue weighted by Gasteiger charge is 2.16. The van der Waals surface area contributed by atoms with Crippen LogP contribution in [0.3, 0.4) is 0 Å². The standard InChI is InChI=1S/C20H21N3O2S/c1-13-4-8-16(9-5-13)19-22-18(25-23-19)12-21-20(24)15(3)26-17-10-6-14(2)7-11-17/h4-11,15H,12H2,1-3H3,(H,21,24). The van der Waals surface area contributed by atoms with Crippen LogP contribution in [0.25, 0.3) is 11.4 Å². The van der Waals surface area contributed by atoms with E-state index in [1.165, 1.54) is 22.9 Å². The molecule has 6 heteroatoms. The number of carbonyl (C=O) groups excluding carboxylic acids is 1. The molecule has 26 heavy (non-hydrogen) atoms. The number of hydrogen-bond acceptors (Lipinski definition) is 5. The van der Waals surface area contributed by atoms with Gasteiger partial charge in [0.2, 0.25) is 17.6 Å². The Morgan fingerprint density at radius 1 is 1.08 bits per heavy atom. The monoisotopic (exact) mass is 367 g/mol. The van der Waals surface area contributed by atoms with E-state index in [0.29, 0.717) is 11.7 Å². The zero-order valence-corrected chi connectivity index (χ0v) is 15.8. The van der Waals surface area contributed by atoms with E-state index in [4.69, 9.17) is 4.52 Å². The van der Waals surface area contributed by atoms with Crippen LogP contribution in [0.2, 0.25) is 0 Å². The van der Waals surface area contributed by atoms with Crippen molar-refractivity contribution in [3.8, 4) is 11.4 Å². The number of amides is 1. The maximum atomic E-state index is 12.3. The number of nitrogens with one attached hydrogen (secondary N) is 1. The summed E-state index contributed by atoms with van der Waals surface area (Å²) in [5, 5.41) is 6.61. The van der Waals surface area contributed by atoms with Gasteiger partial charge in [-0.2, -0.15) is 4.98 Å². The Morgan fingerprint density at radius 2 is 1.69 bits per heavy atom. The molecule has 0 aliphatic carbocycles. The molecule has 0 aliphatic heterocycles. The topological polar surface area (TPSA) is 68.0 Å². The first-order valence-corrected chi connectivity index (χ1v) is 9.30. The Morgan fingerprint density at radius 3 is 2.35 bits per heavy atom. The van der Waals surface area contributed by atoms with Crippen LogP contribution in [-0.4, -0.2) is 21.3 Å². The van der Waals surface area contributed by atoms with Crippen LogP contribution < -0.4 is 5.32 Å². The first-order valence-electron chi connectivity index (χ1n) is 8.42. The number of aryl methyl sites for hydroxylation is 2. The minimum absolute atomic E-state index is 0.0642. The van der Waals surface area contributed by atoms with Crippen LogP contribution in [0, 0.1) is 13.8 Å². The number of rotatable bonds is 6. The molecular formula is C20H21N3O2S. The van der Waals surface area contributed by atoms with Crippen molar-refractivity contribution < 1.29 is 9.32 Å². The van der Waals surface area contributed by atoms with Crippen LogP contribution in [-0.2, 0) is 11.3 Å². The van der Waals surface area contributed by atoms with Crippen molar-refractivity contribution >= 4 is 17.7 Å². The largest absolute Gasteiger partial charge is 0.346 e. The van der Waals surface area contributed by atoms with E-state index in [9.17, 15) is 4.79 Å². The molecule has 1 N–H and O–H groups in total. The van der Waals surface area contributed by atoms with Gasteiger partial charge in [0.05, 0.1) is 11.8 Å². The number of hydrogen-bond donors (Lipinski definition) is 1. The summed E-state index contributed by atoms with van der Waals surface area (Å²) in [7, 11) is 0. The lowest BCUT2D eigenvalue weighted by Gasteiger charge is -2.10. The quantitative estimate of drug-likeness (QED) is 0.663. The zero-order valence-electron chi connectivity index (χ0n) is 15.0. The van der Waals surface area contributed by atoms with Crippen LogP contribution in [0.5, 0.6) is 0 Å². The van der Waals surface area contributed by atoms with Crippen molar-refractivity contribution in [1.82, 2.24) is 15.5 Å². The van der Waals surface area contributed by atoms with Gasteiger partial charge in [-0.25, -0.2) is 0 Å². The Balaban J connectivity index is 1.54. The Labute approximate surface area is 157 Å². The molecular weight excluding hydrogens is 346 g/mol. The lowest BCUT2D eigenvalue weighted by molar-refractivity contribution is -0.120. The molecule has 0 saturated carbocycles. The number of carbonyl (C=O) groups is 1. The van der Waals surface area contributed by atoms with Gasteiger partial charge in [-0.3, -0.25) is 4.79 Å². The fourth-order valence-corrected chi connectivity index (χ4v) is 3.22. The minimum atomic E-state index is -0.211. The predicted molar refractivity (Wildman–Crippen MR) is 103 cm³/mol. The van der Waals surface area contributed by atoms with Gasteiger partial charge in [0.1, 0.15) is 0 Å². The maximum Gasteiger partial charge on any atom is 0.246 e. The van der Waals surface area contributed by atoms with Gasteiger partial charge in [0.15, 0.2) is 0 Å². The maximum absolute atomic E-state index is 12.3. The van der Waals surface area contributed by atoms with E-state index in [2.05, 4.69) is 15.5 Å². The predicted octanol–water partition coefficient (Wildman–Crippen LogP) is 4.15. The molecule has 1 unspecified atom stereocenters. The van der Waals surface area contributed by atoms with Gasteiger partial charge in [0.25, 0.3) is 0 Å². The molecule has 1 aromatic heterocycles. The smallest absolute Gasteiger partial charge is 0.246 e. The van der Waals surface area contributed by atoms with Crippen LogP contribution in [0.4, 0.5) is 0 Å². The van der Waals surface area contributed by atoms with Crippen LogP contribution in [0.1, 0.15) is 23.9 Å². The molecule has 1 amide bonds. The molecule has 0 saturated heterocycles. The first kappa shape index (κ1) is 18.2. The van der Waals surface area contributed by atoms with Gasteiger partial charge in [-0.05, 0) is 32.9 Å². The molecule has 0 bridgehead atoms. The third-order valence-corrected chi connectivity index (χ3v) is 5.01. The van der Waals surface area contributed by atoms with Gasteiger partial charge >= 0.3 is 0 Å². The molecule has 5 nitrogen and oxygen atoms in total. The van der Waals surface area contributed by atoms with Crippen molar-refractivity contribution in [2.45, 2.75) is 37.5 Å². The second-order valence-electron chi connectivity index (χ2n) is 6.17. The summed E-state index contributed by atoms with van der Waals surface area (Å²) in [6, 6.07) is 16.0. The highest BCUT2D eigenvalue weighted by molar-refractivity contribution is 8.00. The fraction of sp³-hybridized carbons (Fsp3) is 0.250. The lowest BCUT2D eigenvalue weighted by Crippen LogP contribution is -2.30. The number of aromatic nitrogens is 2. The van der Waals surface area contributed by atoms with Crippen molar-refractivity contribution in [2.24, 2.45) is 0 Å². The van der Waals surface area contributed by atoms with Gasteiger partial charge in [0, 0.05) is 10.5 Å². The second-order valence-corrected chi connectivity index (χ2v) is 7.58. The molecule has 0 aliphatic rings. The van der Waals surface area contributed by atoms with E-state index in [1.54, 1.807) is 0 Å². The van der Waals surface area contributed by atoms with Crippen molar-refractivity contribution in [2.75, 3.05) is 0 Å². The number of benzene rings is 2.